The third-order valence-electron chi connectivity index (χ3n) is 3.95. The Balaban J connectivity index is 2.09. The van der Waals surface area contributed by atoms with Crippen molar-refractivity contribution in [3.8, 4) is 0 Å². The van der Waals surface area contributed by atoms with Crippen LogP contribution in [0.3, 0.4) is 0 Å². The highest BCUT2D eigenvalue weighted by molar-refractivity contribution is 6.33. The highest BCUT2D eigenvalue weighted by atomic mass is 35.5. The van der Waals surface area contributed by atoms with Crippen molar-refractivity contribution in [3.05, 3.63) is 63.7 Å². The Labute approximate surface area is 159 Å². The molecule has 0 bridgehead atoms. The highest BCUT2D eigenvalue weighted by Crippen LogP contribution is 2.33. The SMILES string of the molecule is Cc1ccc(C(=O)O[C@H](C)C(=O)Nc2cc(C(F)(F)F)ccc2Cl)cc1C. The topological polar surface area (TPSA) is 55.4 Å². The summed E-state index contributed by atoms with van der Waals surface area (Å²) in [5.41, 5.74) is 0.983. The van der Waals surface area contributed by atoms with Crippen LogP contribution in [-0.4, -0.2) is 18.0 Å². The fourth-order valence-corrected chi connectivity index (χ4v) is 2.35. The van der Waals surface area contributed by atoms with Crippen molar-refractivity contribution in [3.63, 3.8) is 0 Å². The number of halogens is 4. The number of hydrogen-bond acceptors (Lipinski definition) is 3. The summed E-state index contributed by atoms with van der Waals surface area (Å²) in [6.45, 7) is 5.03. The molecule has 1 atom stereocenters. The molecule has 0 aliphatic rings. The second kappa shape index (κ2) is 8.00. The van der Waals surface area contributed by atoms with Crippen LogP contribution in [0, 0.1) is 13.8 Å². The molecule has 0 aromatic heterocycles. The van der Waals surface area contributed by atoms with Crippen molar-refractivity contribution in [1.29, 1.82) is 0 Å². The van der Waals surface area contributed by atoms with Gasteiger partial charge in [-0.25, -0.2) is 4.79 Å². The maximum absolute atomic E-state index is 12.8. The first-order valence-corrected chi connectivity index (χ1v) is 8.32. The summed E-state index contributed by atoms with van der Waals surface area (Å²) in [7, 11) is 0. The lowest BCUT2D eigenvalue weighted by Crippen LogP contribution is -2.30. The van der Waals surface area contributed by atoms with Gasteiger partial charge < -0.3 is 10.1 Å². The fourth-order valence-electron chi connectivity index (χ4n) is 2.18. The number of alkyl halides is 3. The number of nitrogens with one attached hydrogen (secondary N) is 1. The molecule has 0 fully saturated rings. The second-order valence-electron chi connectivity index (χ2n) is 6.03. The average molecular weight is 400 g/mol. The van der Waals surface area contributed by atoms with Crippen molar-refractivity contribution >= 4 is 29.2 Å². The van der Waals surface area contributed by atoms with E-state index in [0.717, 1.165) is 29.3 Å². The number of aryl methyl sites for hydroxylation is 2. The van der Waals surface area contributed by atoms with Crippen molar-refractivity contribution in [2.45, 2.75) is 33.1 Å². The standard InChI is InChI=1S/C19H17ClF3NO3/c1-10-4-5-13(8-11(10)2)18(26)27-12(3)17(25)24-16-9-14(19(21,22)23)6-7-15(16)20/h4-9,12H,1-3H3,(H,24,25)/t12-/m1/s1. The van der Waals surface area contributed by atoms with Gasteiger partial charge in [0.05, 0.1) is 21.8 Å². The lowest BCUT2D eigenvalue weighted by atomic mass is 10.1. The number of ether oxygens (including phenoxy) is 1. The first-order chi connectivity index (χ1) is 12.5. The normalized spacial score (nSPS) is 12.4. The Hall–Kier alpha value is -2.54. The molecule has 0 radical (unpaired) electrons. The lowest BCUT2D eigenvalue weighted by molar-refractivity contribution is -0.137. The van der Waals surface area contributed by atoms with Crippen LogP contribution in [-0.2, 0) is 15.7 Å². The monoisotopic (exact) mass is 399 g/mol. The van der Waals surface area contributed by atoms with E-state index >= 15 is 0 Å². The van der Waals surface area contributed by atoms with Crippen molar-refractivity contribution in [2.24, 2.45) is 0 Å². The number of carbonyl (C=O) groups excluding carboxylic acids is 2. The molecule has 144 valence electrons. The van der Waals surface area contributed by atoms with E-state index in [-0.39, 0.29) is 16.3 Å². The molecule has 2 aromatic carbocycles. The number of esters is 1. The zero-order valence-corrected chi connectivity index (χ0v) is 15.5. The molecule has 4 nitrogen and oxygen atoms in total. The fraction of sp³-hybridized carbons (Fsp3) is 0.263. The van der Waals surface area contributed by atoms with Gasteiger partial charge in [-0.15, -0.1) is 0 Å². The minimum atomic E-state index is -4.58. The predicted molar refractivity (Wildman–Crippen MR) is 95.9 cm³/mol. The van der Waals surface area contributed by atoms with Crippen LogP contribution in [0.5, 0.6) is 0 Å². The van der Waals surface area contributed by atoms with E-state index in [1.165, 1.54) is 6.92 Å². The lowest BCUT2D eigenvalue weighted by Gasteiger charge is -2.16. The molecular weight excluding hydrogens is 383 g/mol. The Morgan fingerprint density at radius 3 is 2.33 bits per heavy atom. The number of carbonyl (C=O) groups is 2. The van der Waals surface area contributed by atoms with Gasteiger partial charge in [0.2, 0.25) is 0 Å². The van der Waals surface area contributed by atoms with Gasteiger partial charge in [-0.3, -0.25) is 4.79 Å². The molecule has 0 spiro atoms. The van der Waals surface area contributed by atoms with Crippen molar-refractivity contribution in [1.82, 2.24) is 0 Å². The van der Waals surface area contributed by atoms with E-state index in [2.05, 4.69) is 5.32 Å². The van der Waals surface area contributed by atoms with Gasteiger partial charge in [-0.1, -0.05) is 17.7 Å². The largest absolute Gasteiger partial charge is 0.449 e. The van der Waals surface area contributed by atoms with Gasteiger partial charge in [0, 0.05) is 0 Å². The van der Waals surface area contributed by atoms with Gasteiger partial charge in [-0.05, 0) is 62.2 Å². The molecule has 0 saturated carbocycles. The summed E-state index contributed by atoms with van der Waals surface area (Å²) in [6.07, 6.45) is -5.81. The number of benzene rings is 2. The van der Waals surface area contributed by atoms with Crippen LogP contribution >= 0.6 is 11.6 Å². The minimum Gasteiger partial charge on any atom is -0.449 e. The molecule has 1 N–H and O–H groups in total. The maximum Gasteiger partial charge on any atom is 0.416 e. The van der Waals surface area contributed by atoms with E-state index in [9.17, 15) is 22.8 Å². The van der Waals surface area contributed by atoms with Gasteiger partial charge in [0.1, 0.15) is 0 Å². The molecular formula is C19H17ClF3NO3. The second-order valence-corrected chi connectivity index (χ2v) is 6.44. The highest BCUT2D eigenvalue weighted by Gasteiger charge is 2.31. The number of hydrogen-bond donors (Lipinski definition) is 1. The Kier molecular flexibility index (Phi) is 6.15. The third-order valence-corrected chi connectivity index (χ3v) is 4.28. The summed E-state index contributed by atoms with van der Waals surface area (Å²) in [5.74, 6) is -1.51. The van der Waals surface area contributed by atoms with Crippen molar-refractivity contribution in [2.75, 3.05) is 5.32 Å². The first-order valence-electron chi connectivity index (χ1n) is 7.95. The smallest absolute Gasteiger partial charge is 0.416 e. The van der Waals surface area contributed by atoms with Crippen LogP contribution in [0.25, 0.3) is 0 Å². The molecule has 2 aromatic rings. The maximum atomic E-state index is 12.8. The summed E-state index contributed by atoms with van der Waals surface area (Å²) in [6, 6.07) is 7.51. The van der Waals surface area contributed by atoms with Crippen LogP contribution in [0.1, 0.15) is 34.0 Å². The molecule has 0 aliphatic heterocycles. The average Bonchev–Trinajstić information content (AvgIpc) is 2.58. The van der Waals surface area contributed by atoms with Gasteiger partial charge in [0.15, 0.2) is 6.10 Å². The van der Waals surface area contributed by atoms with Gasteiger partial charge in [0.25, 0.3) is 5.91 Å². The number of rotatable bonds is 4. The van der Waals surface area contributed by atoms with E-state index in [1.54, 1.807) is 18.2 Å². The van der Waals surface area contributed by atoms with E-state index < -0.39 is 29.7 Å². The Morgan fingerprint density at radius 1 is 1.07 bits per heavy atom. The molecule has 2 rings (SSSR count). The quantitative estimate of drug-likeness (QED) is 0.722. The van der Waals surface area contributed by atoms with Crippen LogP contribution < -0.4 is 5.32 Å². The van der Waals surface area contributed by atoms with Crippen molar-refractivity contribution < 1.29 is 27.5 Å². The first kappa shape index (κ1) is 20.8. The zero-order chi connectivity index (χ0) is 20.4. The third kappa shape index (κ3) is 5.23. The number of anilines is 1. The van der Waals surface area contributed by atoms with Crippen LogP contribution in [0.4, 0.5) is 18.9 Å². The molecule has 8 heteroatoms. The van der Waals surface area contributed by atoms with E-state index in [0.29, 0.717) is 0 Å². The Morgan fingerprint density at radius 2 is 1.74 bits per heavy atom. The van der Waals surface area contributed by atoms with Gasteiger partial charge >= 0.3 is 12.1 Å². The molecule has 0 aliphatic carbocycles. The zero-order valence-electron chi connectivity index (χ0n) is 14.8. The molecule has 0 unspecified atom stereocenters. The van der Waals surface area contributed by atoms with E-state index in [1.807, 2.05) is 13.8 Å². The molecule has 0 heterocycles. The molecule has 27 heavy (non-hydrogen) atoms. The predicted octanol–water partition coefficient (Wildman–Crippen LogP) is 5.16. The number of amides is 1. The Bertz CT molecular complexity index is 881. The summed E-state index contributed by atoms with van der Waals surface area (Å²) < 4.78 is 43.5. The summed E-state index contributed by atoms with van der Waals surface area (Å²) in [5, 5.41) is 2.19. The van der Waals surface area contributed by atoms with E-state index in [4.69, 9.17) is 16.3 Å². The summed E-state index contributed by atoms with van der Waals surface area (Å²) >= 11 is 5.84. The van der Waals surface area contributed by atoms with Crippen LogP contribution in [0.2, 0.25) is 5.02 Å². The minimum absolute atomic E-state index is 0.0657. The summed E-state index contributed by atoms with van der Waals surface area (Å²) in [4.78, 5) is 24.3. The molecule has 0 saturated heterocycles. The van der Waals surface area contributed by atoms with Crippen LogP contribution in [0.15, 0.2) is 36.4 Å². The van der Waals surface area contributed by atoms with Gasteiger partial charge in [-0.2, -0.15) is 13.2 Å². The molecule has 1 amide bonds.